The summed E-state index contributed by atoms with van der Waals surface area (Å²) >= 11 is 0. The number of nitrogens with zero attached hydrogens (tertiary/aromatic N) is 4. The number of rotatable bonds is 5. The fourth-order valence-corrected chi connectivity index (χ4v) is 14.9. The fourth-order valence-electron chi connectivity index (χ4n) is 14.9. The molecule has 2 aromatic heterocycles. The zero-order valence-corrected chi connectivity index (χ0v) is 30.8. The smallest absolute Gasteiger partial charge is 0.167 e. The van der Waals surface area contributed by atoms with E-state index >= 15 is 0 Å². The second-order valence-electron chi connectivity index (χ2n) is 19.5. The van der Waals surface area contributed by atoms with Gasteiger partial charge >= 0.3 is 0 Å². The van der Waals surface area contributed by atoms with Gasteiger partial charge in [-0.3, -0.25) is 4.57 Å². The number of hydrogen-bond donors (Lipinski definition) is 3. The Morgan fingerprint density at radius 2 is 1.54 bits per heavy atom. The highest BCUT2D eigenvalue weighted by Crippen LogP contribution is 2.78. The summed E-state index contributed by atoms with van der Waals surface area (Å²) in [4.78, 5) is 12.7. The van der Waals surface area contributed by atoms with E-state index in [1.807, 2.05) is 0 Å². The molecule has 0 spiro atoms. The van der Waals surface area contributed by atoms with Gasteiger partial charge in [0.15, 0.2) is 17.7 Å². The van der Waals surface area contributed by atoms with E-state index in [9.17, 15) is 10.2 Å². The zero-order valence-electron chi connectivity index (χ0n) is 30.8. The van der Waals surface area contributed by atoms with Gasteiger partial charge in [-0.1, -0.05) is 54.9 Å². The molecule has 0 bridgehead atoms. The standard InChI is InChI=1S/C40H63N5O3/c1-23(9-10-26-31(46)32(47)35(48-26)45-22-44-30-33(41)42-21-43-34(30)45)24-13-18-37(4)25(24)14-19-39(6)28(37)11-12-29-38(5)17-8-16-36(2,3)27(38)15-20-40(29,39)7/h21-29,31-32,35,46-47H,8-20H2,1-7H3,(H2,41,42,43)/t23?,24?,25-,26?,27-,28+,29+,31+,32+,35+,37-,38-,39+,40+/m0/s1. The van der Waals surface area contributed by atoms with E-state index in [4.69, 9.17) is 10.5 Å². The molecule has 5 saturated carbocycles. The number of fused-ring (bicyclic) bond motifs is 8. The minimum atomic E-state index is -1.06. The minimum absolute atomic E-state index is 0.292. The summed E-state index contributed by atoms with van der Waals surface area (Å²) in [6, 6.07) is 0. The molecule has 14 atom stereocenters. The lowest BCUT2D eigenvalue weighted by molar-refractivity contribution is -0.241. The Labute approximate surface area is 288 Å². The SMILES string of the molecule is CC(CCC1O[C@@H](n2cnc3c(N)ncnc32)[C@H](O)[C@@H]1O)C1CC[C@]2(C)[C@H]3CC[C@@H]4[C@@]5(C)CCCC(C)(C)[C@@H]5CC[C@@]4(C)[C@]3(C)CC[C@@H]12. The van der Waals surface area contributed by atoms with Crippen molar-refractivity contribution in [1.82, 2.24) is 19.5 Å². The molecule has 8 heteroatoms. The van der Waals surface area contributed by atoms with Crippen LogP contribution in [-0.4, -0.2) is 48.0 Å². The Bertz CT molecular complexity index is 1540. The van der Waals surface area contributed by atoms with Crippen LogP contribution >= 0.6 is 0 Å². The largest absolute Gasteiger partial charge is 0.388 e. The van der Waals surface area contributed by atoms with E-state index in [2.05, 4.69) is 63.4 Å². The van der Waals surface area contributed by atoms with Crippen LogP contribution in [0.15, 0.2) is 12.7 Å². The van der Waals surface area contributed by atoms with Gasteiger partial charge in [0.05, 0.1) is 12.4 Å². The van der Waals surface area contributed by atoms with Gasteiger partial charge in [-0.2, -0.15) is 0 Å². The van der Waals surface area contributed by atoms with Crippen molar-refractivity contribution in [2.75, 3.05) is 5.73 Å². The quantitative estimate of drug-likeness (QED) is 0.298. The second-order valence-corrected chi connectivity index (χ2v) is 19.5. The van der Waals surface area contributed by atoms with Crippen molar-refractivity contribution in [2.24, 2.45) is 62.6 Å². The number of hydrogen-bond acceptors (Lipinski definition) is 7. The molecule has 2 aromatic rings. The average molecular weight is 662 g/mol. The molecule has 0 radical (unpaired) electrons. The lowest BCUT2D eigenvalue weighted by Crippen LogP contribution is -2.65. The average Bonchev–Trinajstić information content (AvgIpc) is 3.70. The van der Waals surface area contributed by atoms with Gasteiger partial charge in [0.1, 0.15) is 24.1 Å². The van der Waals surface area contributed by atoms with Gasteiger partial charge in [0.25, 0.3) is 0 Å². The lowest BCUT2D eigenvalue weighted by Gasteiger charge is -2.73. The molecule has 6 aliphatic rings. The van der Waals surface area contributed by atoms with E-state index in [0.29, 0.717) is 55.9 Å². The van der Waals surface area contributed by atoms with Crippen molar-refractivity contribution < 1.29 is 14.9 Å². The van der Waals surface area contributed by atoms with Gasteiger partial charge in [-0.15, -0.1) is 0 Å². The molecule has 266 valence electrons. The Kier molecular flexibility index (Phi) is 7.73. The van der Waals surface area contributed by atoms with Crippen molar-refractivity contribution in [2.45, 2.75) is 156 Å². The second kappa shape index (κ2) is 11.1. The van der Waals surface area contributed by atoms with E-state index in [0.717, 1.165) is 36.5 Å². The van der Waals surface area contributed by atoms with E-state index < -0.39 is 24.5 Å². The number of imidazole rings is 1. The number of aromatic nitrogens is 4. The van der Waals surface area contributed by atoms with Crippen LogP contribution in [0, 0.1) is 62.6 Å². The van der Waals surface area contributed by atoms with Gasteiger partial charge in [0, 0.05) is 0 Å². The van der Waals surface area contributed by atoms with Gasteiger partial charge in [-0.25, -0.2) is 15.0 Å². The number of nitrogens with two attached hydrogens (primary N) is 1. The molecule has 3 unspecified atom stereocenters. The van der Waals surface area contributed by atoms with Crippen molar-refractivity contribution >= 4 is 17.0 Å². The third-order valence-corrected chi connectivity index (χ3v) is 17.4. The first-order chi connectivity index (χ1) is 22.7. The van der Waals surface area contributed by atoms with Crippen LogP contribution in [0.4, 0.5) is 5.82 Å². The first-order valence-corrected chi connectivity index (χ1v) is 19.6. The summed E-state index contributed by atoms with van der Waals surface area (Å²) in [6.45, 7) is 18.6. The number of nitrogen functional groups attached to an aromatic ring is 1. The number of ether oxygens (including phenoxy) is 1. The van der Waals surface area contributed by atoms with Crippen molar-refractivity contribution in [3.8, 4) is 0 Å². The number of aliphatic hydroxyl groups excluding tert-OH is 2. The van der Waals surface area contributed by atoms with Crippen LogP contribution in [0.3, 0.4) is 0 Å². The highest BCUT2D eigenvalue weighted by Gasteiger charge is 2.70. The van der Waals surface area contributed by atoms with Gasteiger partial charge < -0.3 is 20.7 Å². The third-order valence-electron chi connectivity index (χ3n) is 17.4. The molecule has 5 aliphatic carbocycles. The number of aliphatic hydroxyl groups is 2. The maximum Gasteiger partial charge on any atom is 0.167 e. The summed E-state index contributed by atoms with van der Waals surface area (Å²) in [5.41, 5.74) is 9.25. The van der Waals surface area contributed by atoms with Crippen molar-refractivity contribution in [3.05, 3.63) is 12.7 Å². The van der Waals surface area contributed by atoms with Gasteiger partial charge in [-0.05, 0) is 140 Å². The molecule has 1 saturated heterocycles. The molecule has 48 heavy (non-hydrogen) atoms. The fraction of sp³-hybridized carbons (Fsp3) is 0.875. The maximum absolute atomic E-state index is 11.1. The molecule has 8 rings (SSSR count). The maximum atomic E-state index is 11.1. The monoisotopic (exact) mass is 661 g/mol. The molecule has 1 aliphatic heterocycles. The summed E-state index contributed by atoms with van der Waals surface area (Å²) in [5, 5.41) is 22.1. The molecular formula is C40H63N5O3. The third kappa shape index (κ3) is 4.45. The Morgan fingerprint density at radius 3 is 2.29 bits per heavy atom. The molecule has 8 nitrogen and oxygen atoms in total. The Hall–Kier alpha value is -1.77. The van der Waals surface area contributed by atoms with E-state index in [1.54, 1.807) is 10.9 Å². The summed E-state index contributed by atoms with van der Waals surface area (Å²) in [6.07, 6.45) is 17.0. The highest BCUT2D eigenvalue weighted by molar-refractivity contribution is 5.81. The topological polar surface area (TPSA) is 119 Å². The predicted molar refractivity (Wildman–Crippen MR) is 189 cm³/mol. The van der Waals surface area contributed by atoms with Crippen molar-refractivity contribution in [1.29, 1.82) is 0 Å². The van der Waals surface area contributed by atoms with Crippen LogP contribution in [0.25, 0.3) is 11.2 Å². The molecular weight excluding hydrogens is 598 g/mol. The summed E-state index contributed by atoms with van der Waals surface area (Å²) in [7, 11) is 0. The lowest BCUT2D eigenvalue weighted by atomic mass is 9.32. The predicted octanol–water partition coefficient (Wildman–Crippen LogP) is 7.94. The Balaban J connectivity index is 0.958. The zero-order chi connectivity index (χ0) is 34.0. The first-order valence-electron chi connectivity index (χ1n) is 19.6. The summed E-state index contributed by atoms with van der Waals surface area (Å²) < 4.78 is 8.03. The van der Waals surface area contributed by atoms with Gasteiger partial charge in [0.2, 0.25) is 0 Å². The summed E-state index contributed by atoms with van der Waals surface area (Å²) in [5.74, 6) is 4.91. The first kappa shape index (κ1) is 33.4. The molecule has 3 heterocycles. The van der Waals surface area contributed by atoms with E-state index in [1.165, 1.54) is 77.0 Å². The van der Waals surface area contributed by atoms with Crippen LogP contribution < -0.4 is 5.73 Å². The minimum Gasteiger partial charge on any atom is -0.388 e. The van der Waals surface area contributed by atoms with Crippen LogP contribution in [0.5, 0.6) is 0 Å². The van der Waals surface area contributed by atoms with Crippen LogP contribution in [0.1, 0.15) is 138 Å². The molecule has 6 fully saturated rings. The van der Waals surface area contributed by atoms with Crippen LogP contribution in [0.2, 0.25) is 0 Å². The van der Waals surface area contributed by atoms with Crippen LogP contribution in [-0.2, 0) is 4.74 Å². The highest BCUT2D eigenvalue weighted by atomic mass is 16.6. The Morgan fingerprint density at radius 1 is 0.833 bits per heavy atom. The molecule has 0 aromatic carbocycles. The normalized spacial score (nSPS) is 48.8. The van der Waals surface area contributed by atoms with Crippen molar-refractivity contribution in [3.63, 3.8) is 0 Å². The molecule has 4 N–H and O–H groups in total. The molecule has 0 amide bonds. The van der Waals surface area contributed by atoms with E-state index in [-0.39, 0.29) is 0 Å². The number of anilines is 1.